The topological polar surface area (TPSA) is 75.7 Å². The largest absolute Gasteiger partial charge is 0.495 e. The van der Waals surface area contributed by atoms with Crippen LogP contribution < -0.4 is 14.4 Å². The summed E-state index contributed by atoms with van der Waals surface area (Å²) in [7, 11) is -2.15. The summed E-state index contributed by atoms with van der Waals surface area (Å²) in [5, 5.41) is 3.35. The van der Waals surface area contributed by atoms with Crippen LogP contribution in [0.3, 0.4) is 0 Å². The zero-order valence-corrected chi connectivity index (χ0v) is 20.4. The molecule has 1 N–H and O–H groups in total. The maximum absolute atomic E-state index is 12.6. The molecule has 0 spiro atoms. The van der Waals surface area contributed by atoms with E-state index < -0.39 is 10.0 Å². The Hall–Kier alpha value is -3.03. The molecule has 3 aromatic rings. The molecule has 0 fully saturated rings. The Balaban J connectivity index is 1.72. The van der Waals surface area contributed by atoms with Crippen LogP contribution in [0.1, 0.15) is 34.3 Å². The van der Waals surface area contributed by atoms with Crippen molar-refractivity contribution < 1.29 is 17.9 Å². The van der Waals surface area contributed by atoms with Crippen LogP contribution in [0.15, 0.2) is 72.8 Å². The number of carbonyl (C=O) groups is 1. The number of nitrogens with one attached hydrogen (secondary N) is 1. The number of amides is 1. The van der Waals surface area contributed by atoms with Crippen molar-refractivity contribution in [3.05, 3.63) is 94.5 Å². The van der Waals surface area contributed by atoms with Crippen molar-refractivity contribution in [2.24, 2.45) is 0 Å². The molecule has 0 heterocycles. The van der Waals surface area contributed by atoms with Gasteiger partial charge < -0.3 is 10.1 Å². The van der Waals surface area contributed by atoms with Crippen molar-refractivity contribution >= 4 is 33.2 Å². The minimum Gasteiger partial charge on any atom is -0.495 e. The van der Waals surface area contributed by atoms with E-state index in [0.29, 0.717) is 28.6 Å². The fraction of sp³-hybridized carbons (Fsp3) is 0.240. The van der Waals surface area contributed by atoms with Crippen LogP contribution in [-0.4, -0.2) is 34.2 Å². The van der Waals surface area contributed by atoms with Crippen LogP contribution in [-0.2, 0) is 16.6 Å². The molecule has 0 bridgehead atoms. The molecule has 0 aliphatic carbocycles. The van der Waals surface area contributed by atoms with Crippen LogP contribution in [0.25, 0.3) is 0 Å². The molecular formula is C25H27ClN2O4S. The lowest BCUT2D eigenvalue weighted by Crippen LogP contribution is -2.30. The van der Waals surface area contributed by atoms with Gasteiger partial charge in [0.1, 0.15) is 5.75 Å². The minimum absolute atomic E-state index is 0.0719. The maximum Gasteiger partial charge on any atom is 0.251 e. The van der Waals surface area contributed by atoms with E-state index in [2.05, 4.69) is 12.2 Å². The van der Waals surface area contributed by atoms with Crippen LogP contribution in [0.5, 0.6) is 5.75 Å². The van der Waals surface area contributed by atoms with Gasteiger partial charge in [-0.2, -0.15) is 0 Å². The highest BCUT2D eigenvalue weighted by molar-refractivity contribution is 7.92. The molecule has 0 aliphatic heterocycles. The van der Waals surface area contributed by atoms with Crippen molar-refractivity contribution in [1.29, 1.82) is 0 Å². The van der Waals surface area contributed by atoms with Gasteiger partial charge in [-0.25, -0.2) is 8.42 Å². The number of nitrogens with zero attached hydrogens (tertiary/aromatic N) is 1. The SMILES string of the molecule is COc1ccc(Cl)cc1N(Cc1ccc(C(=O)NCC(C)c2ccccc2)cc1)S(C)(=O)=O. The number of benzene rings is 3. The second-order valence-corrected chi connectivity index (χ2v) is 10.1. The summed E-state index contributed by atoms with van der Waals surface area (Å²) >= 11 is 6.10. The summed E-state index contributed by atoms with van der Waals surface area (Å²) in [4.78, 5) is 12.6. The molecule has 174 valence electrons. The van der Waals surface area contributed by atoms with Gasteiger partial charge >= 0.3 is 0 Å². The average Bonchev–Trinajstić information content (AvgIpc) is 2.81. The quantitative estimate of drug-likeness (QED) is 0.469. The average molecular weight is 487 g/mol. The minimum atomic E-state index is -3.62. The van der Waals surface area contributed by atoms with Crippen molar-refractivity contribution in [1.82, 2.24) is 5.32 Å². The highest BCUT2D eigenvalue weighted by Crippen LogP contribution is 2.33. The lowest BCUT2D eigenvalue weighted by Gasteiger charge is -2.24. The molecule has 0 saturated carbocycles. The van der Waals surface area contributed by atoms with Gasteiger partial charge in [0, 0.05) is 17.1 Å². The van der Waals surface area contributed by atoms with E-state index in [0.717, 1.165) is 17.4 Å². The lowest BCUT2D eigenvalue weighted by molar-refractivity contribution is 0.0951. The first-order valence-corrected chi connectivity index (χ1v) is 12.6. The number of sulfonamides is 1. The Morgan fingerprint density at radius 3 is 2.33 bits per heavy atom. The zero-order chi connectivity index (χ0) is 24.0. The molecule has 1 unspecified atom stereocenters. The number of hydrogen-bond donors (Lipinski definition) is 1. The summed E-state index contributed by atoms with van der Waals surface area (Å²) in [6.07, 6.45) is 1.13. The zero-order valence-electron chi connectivity index (χ0n) is 18.8. The van der Waals surface area contributed by atoms with Crippen molar-refractivity contribution in [3.63, 3.8) is 0 Å². The Morgan fingerprint density at radius 1 is 1.06 bits per heavy atom. The van der Waals surface area contributed by atoms with E-state index in [1.807, 2.05) is 30.3 Å². The van der Waals surface area contributed by atoms with E-state index in [4.69, 9.17) is 16.3 Å². The van der Waals surface area contributed by atoms with Crippen LogP contribution >= 0.6 is 11.6 Å². The van der Waals surface area contributed by atoms with Gasteiger partial charge in [0.05, 0.1) is 25.6 Å². The first-order valence-electron chi connectivity index (χ1n) is 10.4. The number of ether oxygens (including phenoxy) is 1. The normalized spacial score (nSPS) is 12.1. The highest BCUT2D eigenvalue weighted by Gasteiger charge is 2.22. The Kier molecular flexibility index (Phi) is 8.00. The van der Waals surface area contributed by atoms with Gasteiger partial charge in [-0.05, 0) is 47.4 Å². The summed E-state index contributed by atoms with van der Waals surface area (Å²) in [6, 6.07) is 21.7. The summed E-state index contributed by atoms with van der Waals surface area (Å²) in [6.45, 7) is 2.64. The molecule has 8 heteroatoms. The third-order valence-electron chi connectivity index (χ3n) is 5.29. The van der Waals surface area contributed by atoms with Gasteiger partial charge in [-0.3, -0.25) is 9.10 Å². The Morgan fingerprint density at radius 2 is 1.73 bits per heavy atom. The standard InChI is InChI=1S/C25H27ClN2O4S/c1-18(20-7-5-4-6-8-20)16-27-25(29)21-11-9-19(10-12-21)17-28(33(3,30)31)23-15-22(26)13-14-24(23)32-2/h4-15,18H,16-17H2,1-3H3,(H,27,29). The third-order valence-corrected chi connectivity index (χ3v) is 6.65. The first kappa shape index (κ1) is 24.6. The van der Waals surface area contributed by atoms with Crippen LogP contribution in [0.4, 0.5) is 5.69 Å². The number of halogens is 1. The predicted octanol–water partition coefficient (Wildman–Crippen LogP) is 4.85. The molecule has 0 aromatic heterocycles. The number of methoxy groups -OCH3 is 1. The molecule has 1 amide bonds. The molecule has 0 aliphatic rings. The molecule has 33 heavy (non-hydrogen) atoms. The van der Waals surface area contributed by atoms with Crippen molar-refractivity contribution in [2.45, 2.75) is 19.4 Å². The maximum atomic E-state index is 12.6. The second-order valence-electron chi connectivity index (χ2n) is 7.80. The summed E-state index contributed by atoms with van der Waals surface area (Å²) < 4.78 is 31.6. The summed E-state index contributed by atoms with van der Waals surface area (Å²) in [5.74, 6) is 0.402. The number of rotatable bonds is 9. The number of anilines is 1. The molecular weight excluding hydrogens is 460 g/mol. The number of hydrogen-bond acceptors (Lipinski definition) is 4. The highest BCUT2D eigenvalue weighted by atomic mass is 35.5. The second kappa shape index (κ2) is 10.7. The molecule has 3 rings (SSSR count). The van der Waals surface area contributed by atoms with E-state index in [-0.39, 0.29) is 18.4 Å². The van der Waals surface area contributed by atoms with Crippen molar-refractivity contribution in [2.75, 3.05) is 24.2 Å². The van der Waals surface area contributed by atoms with Gasteiger partial charge in [-0.1, -0.05) is 61.0 Å². The molecule has 6 nitrogen and oxygen atoms in total. The molecule has 0 radical (unpaired) electrons. The van der Waals surface area contributed by atoms with Gasteiger partial charge in [0.15, 0.2) is 0 Å². The van der Waals surface area contributed by atoms with E-state index >= 15 is 0 Å². The van der Waals surface area contributed by atoms with Gasteiger partial charge in [0.25, 0.3) is 5.91 Å². The smallest absolute Gasteiger partial charge is 0.251 e. The predicted molar refractivity (Wildman–Crippen MR) is 133 cm³/mol. The first-order chi connectivity index (χ1) is 15.7. The van der Waals surface area contributed by atoms with E-state index in [9.17, 15) is 13.2 Å². The Labute approximate surface area is 200 Å². The number of carbonyl (C=O) groups excluding carboxylic acids is 1. The molecule has 1 atom stereocenters. The monoisotopic (exact) mass is 486 g/mol. The van der Waals surface area contributed by atoms with E-state index in [1.165, 1.54) is 11.4 Å². The van der Waals surface area contributed by atoms with Gasteiger partial charge in [0.2, 0.25) is 10.0 Å². The van der Waals surface area contributed by atoms with Crippen LogP contribution in [0.2, 0.25) is 5.02 Å². The lowest BCUT2D eigenvalue weighted by atomic mass is 10.0. The van der Waals surface area contributed by atoms with Gasteiger partial charge in [-0.15, -0.1) is 0 Å². The molecule has 0 saturated heterocycles. The van der Waals surface area contributed by atoms with Crippen LogP contribution in [0, 0.1) is 0 Å². The fourth-order valence-electron chi connectivity index (χ4n) is 3.41. The summed E-state index contributed by atoms with van der Waals surface area (Å²) in [5.41, 5.74) is 2.73. The Bertz CT molecular complexity index is 1200. The molecule has 3 aromatic carbocycles. The third kappa shape index (κ3) is 6.49. The van der Waals surface area contributed by atoms with Crippen molar-refractivity contribution in [3.8, 4) is 5.75 Å². The van der Waals surface area contributed by atoms with E-state index in [1.54, 1.807) is 42.5 Å². The fourth-order valence-corrected chi connectivity index (χ4v) is 4.46.